The number of carbonyl (C=O) groups is 1. The summed E-state index contributed by atoms with van der Waals surface area (Å²) in [6, 6.07) is 20.1. The molecule has 0 spiro atoms. The van der Waals surface area contributed by atoms with Crippen LogP contribution in [-0.4, -0.2) is 34.4 Å². The highest BCUT2D eigenvalue weighted by molar-refractivity contribution is 7.22. The average molecular weight is 610 g/mol. The Morgan fingerprint density at radius 2 is 1.79 bits per heavy atom. The monoisotopic (exact) mass is 609 g/mol. The van der Waals surface area contributed by atoms with Gasteiger partial charge in [-0.05, 0) is 93.3 Å². The predicted molar refractivity (Wildman–Crippen MR) is 175 cm³/mol. The van der Waals surface area contributed by atoms with Crippen molar-refractivity contribution in [2.75, 3.05) is 6.61 Å². The van der Waals surface area contributed by atoms with E-state index in [0.717, 1.165) is 66.4 Å². The van der Waals surface area contributed by atoms with Crippen LogP contribution >= 0.6 is 22.9 Å². The van der Waals surface area contributed by atoms with Gasteiger partial charge in [0, 0.05) is 39.7 Å². The number of esters is 1. The topological polar surface area (TPSA) is 73.7 Å². The number of nitrogens with zero attached hydrogens (tertiary/aromatic N) is 3. The third-order valence-corrected chi connectivity index (χ3v) is 8.63. The molecule has 218 valence electrons. The van der Waals surface area contributed by atoms with E-state index < -0.39 is 17.7 Å². The van der Waals surface area contributed by atoms with Gasteiger partial charge in [0.1, 0.15) is 5.01 Å². The first kappa shape index (κ1) is 29.2. The number of fused-ring (bicyclic) bond motifs is 2. The Morgan fingerprint density at radius 1 is 1.02 bits per heavy atom. The summed E-state index contributed by atoms with van der Waals surface area (Å²) in [5, 5.41) is 1.49. The van der Waals surface area contributed by atoms with Crippen LogP contribution in [0.25, 0.3) is 43.2 Å². The van der Waals surface area contributed by atoms with Crippen LogP contribution in [0.4, 0.5) is 0 Å². The summed E-state index contributed by atoms with van der Waals surface area (Å²) < 4.78 is 12.9. The minimum absolute atomic E-state index is 0.256. The molecule has 1 aliphatic rings. The van der Waals surface area contributed by atoms with E-state index >= 15 is 0 Å². The van der Waals surface area contributed by atoms with Crippen LogP contribution in [0.1, 0.15) is 56.1 Å². The first-order valence-electron chi connectivity index (χ1n) is 14.3. The fraction of sp³-hybridized carbons (Fsp3) is 0.257. The number of pyridine rings is 1. The Bertz CT molecular complexity index is 1870. The van der Waals surface area contributed by atoms with Gasteiger partial charge in [-0.3, -0.25) is 9.98 Å². The lowest BCUT2D eigenvalue weighted by atomic mass is 9.91. The van der Waals surface area contributed by atoms with Gasteiger partial charge < -0.3 is 9.47 Å². The molecule has 3 aromatic carbocycles. The van der Waals surface area contributed by atoms with Gasteiger partial charge in [0.05, 0.1) is 34.7 Å². The second-order valence-corrected chi connectivity index (χ2v) is 13.0. The van der Waals surface area contributed by atoms with Gasteiger partial charge in [-0.1, -0.05) is 35.9 Å². The Kier molecular flexibility index (Phi) is 7.90. The van der Waals surface area contributed by atoms with Gasteiger partial charge in [-0.2, -0.15) is 0 Å². The van der Waals surface area contributed by atoms with Crippen LogP contribution in [0.3, 0.4) is 0 Å². The number of aryl methyl sites for hydroxylation is 1. The zero-order chi connectivity index (χ0) is 30.3. The van der Waals surface area contributed by atoms with Crippen LogP contribution in [0, 0.1) is 6.92 Å². The lowest BCUT2D eigenvalue weighted by Crippen LogP contribution is -2.29. The molecule has 0 fully saturated rings. The van der Waals surface area contributed by atoms with E-state index in [1.54, 1.807) is 18.3 Å². The molecule has 3 heterocycles. The first-order chi connectivity index (χ1) is 20.6. The fourth-order valence-electron chi connectivity index (χ4n) is 5.35. The van der Waals surface area contributed by atoms with Crippen molar-refractivity contribution in [3.63, 3.8) is 0 Å². The minimum atomic E-state index is -0.920. The maximum absolute atomic E-state index is 13.4. The average Bonchev–Trinajstić information content (AvgIpc) is 3.62. The summed E-state index contributed by atoms with van der Waals surface area (Å²) in [5.74, 6) is -0.419. The molecule has 0 N–H and O–H groups in total. The zero-order valence-electron chi connectivity index (χ0n) is 24.8. The highest BCUT2D eigenvalue weighted by atomic mass is 35.5. The molecule has 8 heteroatoms. The summed E-state index contributed by atoms with van der Waals surface area (Å²) in [6.07, 6.45) is 2.82. The molecular formula is C35H32ClN3O3S. The van der Waals surface area contributed by atoms with Gasteiger partial charge >= 0.3 is 5.97 Å². The number of thiazole rings is 1. The molecule has 0 saturated carbocycles. The molecule has 1 aliphatic heterocycles. The number of aromatic nitrogens is 2. The van der Waals surface area contributed by atoms with Crippen LogP contribution < -0.4 is 0 Å². The van der Waals surface area contributed by atoms with E-state index in [0.29, 0.717) is 5.02 Å². The number of halogens is 1. The van der Waals surface area contributed by atoms with Gasteiger partial charge in [0.15, 0.2) is 6.10 Å². The third-order valence-electron chi connectivity index (χ3n) is 7.24. The highest BCUT2D eigenvalue weighted by Gasteiger charge is 2.33. The third kappa shape index (κ3) is 5.98. The standard InChI is InChI=1S/C35H32ClN3O3S/c1-6-41-34(40)31(42-35(3,4)5)29-20(2)15-28-32(30(29)21-9-11-26(36)12-10-21)43-33(39-28)23-13-14-38-27(17-23)22-7-8-24-18-37-19-25(24)16-22/h7-17,19,31H,6,18H2,1-5H3/t31-/m0/s1. The number of rotatable bonds is 7. The van der Waals surface area contributed by atoms with Crippen LogP contribution in [0.15, 0.2) is 71.9 Å². The van der Waals surface area contributed by atoms with Crippen molar-refractivity contribution in [3.05, 3.63) is 94.1 Å². The molecule has 0 amide bonds. The molecule has 6 nitrogen and oxygen atoms in total. The summed E-state index contributed by atoms with van der Waals surface area (Å²) in [5.41, 5.74) is 8.97. The molecule has 6 rings (SSSR count). The number of hydrogen-bond acceptors (Lipinski definition) is 7. The SMILES string of the molecule is CCOC(=O)[C@@H](OC(C)(C)C)c1c(C)cc2nc(-c3ccnc(-c4ccc5c(c4)C=NC5)c3)sc2c1-c1ccc(Cl)cc1. The Morgan fingerprint density at radius 3 is 2.53 bits per heavy atom. The number of carbonyl (C=O) groups excluding carboxylic acids is 1. The largest absolute Gasteiger partial charge is 0.464 e. The minimum Gasteiger partial charge on any atom is -0.464 e. The second kappa shape index (κ2) is 11.6. The predicted octanol–water partition coefficient (Wildman–Crippen LogP) is 9.01. The van der Waals surface area contributed by atoms with Crippen molar-refractivity contribution in [2.45, 2.75) is 52.9 Å². The Balaban J connectivity index is 1.53. The zero-order valence-corrected chi connectivity index (χ0v) is 26.3. The molecule has 0 bridgehead atoms. The van der Waals surface area contributed by atoms with E-state index in [1.807, 2.05) is 76.5 Å². The van der Waals surface area contributed by atoms with Crippen molar-refractivity contribution in [1.82, 2.24) is 9.97 Å². The molecule has 0 unspecified atom stereocenters. The van der Waals surface area contributed by atoms with Crippen molar-refractivity contribution in [2.24, 2.45) is 4.99 Å². The summed E-state index contributed by atoms with van der Waals surface area (Å²) >= 11 is 7.87. The van der Waals surface area contributed by atoms with E-state index in [1.165, 1.54) is 5.56 Å². The van der Waals surface area contributed by atoms with E-state index in [-0.39, 0.29) is 6.61 Å². The summed E-state index contributed by atoms with van der Waals surface area (Å²) in [6.45, 7) is 10.6. The molecule has 0 saturated heterocycles. The van der Waals surface area contributed by atoms with Crippen LogP contribution in [0.2, 0.25) is 5.02 Å². The van der Waals surface area contributed by atoms with Gasteiger partial charge in [-0.25, -0.2) is 9.78 Å². The Hall–Kier alpha value is -3.91. The number of benzene rings is 3. The number of hydrogen-bond donors (Lipinski definition) is 0. The van der Waals surface area contributed by atoms with Crippen molar-refractivity contribution < 1.29 is 14.3 Å². The first-order valence-corrected chi connectivity index (χ1v) is 15.4. The van der Waals surface area contributed by atoms with Crippen molar-refractivity contribution in [3.8, 4) is 33.0 Å². The highest BCUT2D eigenvalue weighted by Crippen LogP contribution is 2.45. The molecule has 0 radical (unpaired) electrons. The normalized spacial score (nSPS) is 13.3. The number of aliphatic imine (C=N–C) groups is 1. The van der Waals surface area contributed by atoms with Crippen LogP contribution in [0.5, 0.6) is 0 Å². The van der Waals surface area contributed by atoms with E-state index in [9.17, 15) is 4.79 Å². The molecule has 1 atom stereocenters. The summed E-state index contributed by atoms with van der Waals surface area (Å²) in [7, 11) is 0. The van der Waals surface area contributed by atoms with E-state index in [4.69, 9.17) is 26.1 Å². The molecule has 43 heavy (non-hydrogen) atoms. The fourth-order valence-corrected chi connectivity index (χ4v) is 6.60. The second-order valence-electron chi connectivity index (χ2n) is 11.5. The lowest BCUT2D eigenvalue weighted by molar-refractivity contribution is -0.166. The van der Waals surface area contributed by atoms with Crippen molar-refractivity contribution in [1.29, 1.82) is 0 Å². The molecule has 2 aromatic heterocycles. The maximum atomic E-state index is 13.4. The lowest BCUT2D eigenvalue weighted by Gasteiger charge is -2.29. The van der Waals surface area contributed by atoms with Gasteiger partial charge in [0.25, 0.3) is 0 Å². The van der Waals surface area contributed by atoms with Gasteiger partial charge in [-0.15, -0.1) is 11.3 Å². The molecule has 5 aromatic rings. The smallest absolute Gasteiger partial charge is 0.339 e. The Labute approximate surface area is 260 Å². The van der Waals surface area contributed by atoms with Crippen molar-refractivity contribution >= 4 is 45.3 Å². The van der Waals surface area contributed by atoms with Gasteiger partial charge in [0.2, 0.25) is 0 Å². The quantitative estimate of drug-likeness (QED) is 0.172. The number of ether oxygens (including phenoxy) is 2. The van der Waals surface area contributed by atoms with E-state index in [2.05, 4.69) is 34.2 Å². The maximum Gasteiger partial charge on any atom is 0.339 e. The van der Waals surface area contributed by atoms with Crippen LogP contribution in [-0.2, 0) is 20.8 Å². The summed E-state index contributed by atoms with van der Waals surface area (Å²) in [4.78, 5) is 27.5. The molecule has 0 aliphatic carbocycles. The molecular weight excluding hydrogens is 578 g/mol.